The van der Waals surface area contributed by atoms with Gasteiger partial charge in [0.15, 0.2) is 0 Å². The first-order valence-corrected chi connectivity index (χ1v) is 13.3. The predicted octanol–water partition coefficient (Wildman–Crippen LogP) is 4.76. The lowest BCUT2D eigenvalue weighted by atomic mass is 10.0. The second-order valence-corrected chi connectivity index (χ2v) is 9.42. The second-order valence-electron chi connectivity index (χ2n) is 9.42. The zero-order chi connectivity index (χ0) is 21.8. The number of hydrogen-bond donors (Lipinski definition) is 1. The van der Waals surface area contributed by atoms with E-state index < -0.39 is 0 Å². The highest BCUT2D eigenvalue weighted by molar-refractivity contribution is 5.14. The maximum atomic E-state index is 2.30. The first kappa shape index (κ1) is 28.7. The van der Waals surface area contributed by atoms with Crippen molar-refractivity contribution in [2.75, 3.05) is 6.54 Å². The van der Waals surface area contributed by atoms with E-state index in [9.17, 15) is 0 Å². The van der Waals surface area contributed by atoms with Crippen LogP contribution in [0.15, 0.2) is 60.7 Å². The minimum Gasteiger partial charge on any atom is -1.00 e. The Morgan fingerprint density at radius 1 is 0.469 bits per heavy atom. The molecule has 0 fully saturated rings. The van der Waals surface area contributed by atoms with Crippen LogP contribution in [-0.4, -0.2) is 6.54 Å². The van der Waals surface area contributed by atoms with Crippen molar-refractivity contribution in [1.82, 2.24) is 0 Å². The van der Waals surface area contributed by atoms with Crippen LogP contribution in [0.1, 0.15) is 108 Å². The van der Waals surface area contributed by atoms with Crippen LogP contribution in [0.5, 0.6) is 0 Å². The average molecular weight is 458 g/mol. The summed E-state index contributed by atoms with van der Waals surface area (Å²) in [6, 6.07) is 22.0. The van der Waals surface area contributed by atoms with Gasteiger partial charge in [0, 0.05) is 11.1 Å². The highest BCUT2D eigenvalue weighted by Gasteiger charge is 2.10. The lowest BCUT2D eigenvalue weighted by Gasteiger charge is -2.20. The molecule has 1 nitrogen and oxygen atoms in total. The molecule has 0 saturated carbocycles. The van der Waals surface area contributed by atoms with E-state index in [0.29, 0.717) is 0 Å². The molecule has 0 saturated heterocycles. The van der Waals surface area contributed by atoms with Crippen molar-refractivity contribution in [2.24, 2.45) is 0 Å². The Bertz CT molecular complexity index is 586. The third-order valence-electron chi connectivity index (χ3n) is 6.48. The zero-order valence-corrected chi connectivity index (χ0v) is 21.4. The Labute approximate surface area is 205 Å². The molecule has 0 aliphatic carbocycles. The van der Waals surface area contributed by atoms with Gasteiger partial charge in [0.1, 0.15) is 13.1 Å². The third-order valence-corrected chi connectivity index (χ3v) is 6.48. The van der Waals surface area contributed by atoms with E-state index in [1.54, 1.807) is 4.90 Å². The number of benzene rings is 2. The molecule has 0 amide bonds. The number of quaternary nitrogens is 1. The maximum Gasteiger partial charge on any atom is 0.103 e. The summed E-state index contributed by atoms with van der Waals surface area (Å²) in [5.41, 5.74) is 2.91. The normalized spacial score (nSPS) is 10.9. The standard InChI is InChI=1S/C30H47N.ClH/c1-2-3-4-5-6-7-8-9-10-11-12-13-14-21-26-31(27-29-22-17-15-18-23-29)28-30-24-19-16-20-25-30;/h15-20,22-25H,2-14,21,26-28H2,1H3;1H. The zero-order valence-electron chi connectivity index (χ0n) is 20.7. The van der Waals surface area contributed by atoms with E-state index in [1.807, 2.05) is 0 Å². The van der Waals surface area contributed by atoms with Crippen LogP contribution in [0.4, 0.5) is 0 Å². The molecule has 0 atom stereocenters. The minimum absolute atomic E-state index is 0. The maximum absolute atomic E-state index is 2.30. The fraction of sp³-hybridized carbons (Fsp3) is 0.600. The smallest absolute Gasteiger partial charge is 0.103 e. The van der Waals surface area contributed by atoms with Crippen molar-refractivity contribution < 1.29 is 17.3 Å². The molecule has 0 bridgehead atoms. The number of unbranched alkanes of at least 4 members (excludes halogenated alkanes) is 13. The molecule has 0 heterocycles. The monoisotopic (exact) mass is 457 g/mol. The Hall–Kier alpha value is -1.31. The molecule has 0 aromatic heterocycles. The Balaban J connectivity index is 0.00000512. The first-order valence-electron chi connectivity index (χ1n) is 13.3. The molecule has 2 aromatic rings. The van der Waals surface area contributed by atoms with Crippen LogP contribution in [0.2, 0.25) is 0 Å². The highest BCUT2D eigenvalue weighted by atomic mass is 35.5. The van der Waals surface area contributed by atoms with Crippen LogP contribution in [0.3, 0.4) is 0 Å². The van der Waals surface area contributed by atoms with Crippen LogP contribution in [0.25, 0.3) is 0 Å². The van der Waals surface area contributed by atoms with E-state index >= 15 is 0 Å². The molecule has 1 N–H and O–H groups in total. The summed E-state index contributed by atoms with van der Waals surface area (Å²) in [4.78, 5) is 1.69. The molecule has 0 aliphatic heterocycles. The summed E-state index contributed by atoms with van der Waals surface area (Å²) in [7, 11) is 0. The summed E-state index contributed by atoms with van der Waals surface area (Å²) in [6.07, 6.45) is 20.0. The van der Waals surface area contributed by atoms with Gasteiger partial charge in [0.05, 0.1) is 6.54 Å². The van der Waals surface area contributed by atoms with Crippen LogP contribution >= 0.6 is 0 Å². The van der Waals surface area contributed by atoms with Gasteiger partial charge in [-0.15, -0.1) is 0 Å². The summed E-state index contributed by atoms with van der Waals surface area (Å²) in [5, 5.41) is 0. The molecule has 180 valence electrons. The Morgan fingerprint density at radius 3 is 1.19 bits per heavy atom. The van der Waals surface area contributed by atoms with Gasteiger partial charge in [0.25, 0.3) is 0 Å². The van der Waals surface area contributed by atoms with Gasteiger partial charge in [-0.2, -0.15) is 0 Å². The van der Waals surface area contributed by atoms with E-state index in [4.69, 9.17) is 0 Å². The van der Waals surface area contributed by atoms with E-state index in [1.165, 1.54) is 108 Å². The number of halogens is 1. The van der Waals surface area contributed by atoms with Gasteiger partial charge in [-0.1, -0.05) is 145 Å². The fourth-order valence-corrected chi connectivity index (χ4v) is 4.58. The van der Waals surface area contributed by atoms with Gasteiger partial charge in [-0.3, -0.25) is 0 Å². The van der Waals surface area contributed by atoms with E-state index in [2.05, 4.69) is 67.6 Å². The lowest BCUT2D eigenvalue weighted by Crippen LogP contribution is -3.09. The minimum atomic E-state index is 0. The molecule has 0 radical (unpaired) electrons. The van der Waals surface area contributed by atoms with Crippen LogP contribution in [-0.2, 0) is 13.1 Å². The summed E-state index contributed by atoms with van der Waals surface area (Å²) < 4.78 is 0. The average Bonchev–Trinajstić information content (AvgIpc) is 2.80. The van der Waals surface area contributed by atoms with Crippen molar-refractivity contribution in [3.63, 3.8) is 0 Å². The topological polar surface area (TPSA) is 4.44 Å². The fourth-order valence-electron chi connectivity index (χ4n) is 4.58. The Morgan fingerprint density at radius 2 is 0.812 bits per heavy atom. The van der Waals surface area contributed by atoms with Crippen molar-refractivity contribution in [1.29, 1.82) is 0 Å². The number of nitrogens with one attached hydrogen (secondary N) is 1. The van der Waals surface area contributed by atoms with Crippen molar-refractivity contribution >= 4 is 0 Å². The summed E-state index contributed by atoms with van der Waals surface area (Å²) in [5.74, 6) is 0. The quantitative estimate of drug-likeness (QED) is 0.290. The van der Waals surface area contributed by atoms with Crippen molar-refractivity contribution in [3.05, 3.63) is 71.8 Å². The number of rotatable bonds is 19. The van der Waals surface area contributed by atoms with Gasteiger partial charge in [-0.25, -0.2) is 0 Å². The van der Waals surface area contributed by atoms with Gasteiger partial charge in [0.2, 0.25) is 0 Å². The molecular weight excluding hydrogens is 410 g/mol. The lowest BCUT2D eigenvalue weighted by molar-refractivity contribution is -0.927. The van der Waals surface area contributed by atoms with Crippen molar-refractivity contribution in [3.8, 4) is 0 Å². The second kappa shape index (κ2) is 20.3. The third kappa shape index (κ3) is 14.7. The molecule has 0 aliphatic rings. The number of hydrogen-bond acceptors (Lipinski definition) is 0. The van der Waals surface area contributed by atoms with Crippen LogP contribution in [0, 0.1) is 0 Å². The van der Waals surface area contributed by atoms with E-state index in [0.717, 1.165) is 13.1 Å². The predicted molar refractivity (Wildman–Crippen MR) is 136 cm³/mol. The van der Waals surface area contributed by atoms with Gasteiger partial charge < -0.3 is 17.3 Å². The molecule has 0 spiro atoms. The first-order chi connectivity index (χ1) is 15.4. The Kier molecular flexibility index (Phi) is 18.2. The van der Waals surface area contributed by atoms with Gasteiger partial charge in [-0.05, 0) is 12.8 Å². The van der Waals surface area contributed by atoms with Crippen molar-refractivity contribution in [2.45, 2.75) is 110 Å². The van der Waals surface area contributed by atoms with Crippen LogP contribution < -0.4 is 17.3 Å². The molecule has 2 heteroatoms. The highest BCUT2D eigenvalue weighted by Crippen LogP contribution is 2.12. The molecule has 0 unspecified atom stereocenters. The molecule has 2 aromatic carbocycles. The molecule has 32 heavy (non-hydrogen) atoms. The summed E-state index contributed by atoms with van der Waals surface area (Å²) >= 11 is 0. The summed E-state index contributed by atoms with van der Waals surface area (Å²) in [6.45, 7) is 5.84. The SMILES string of the molecule is CCCCCCCCCCCCCCCC[NH+](Cc1ccccc1)Cc1ccccc1.[Cl-]. The molecule has 2 rings (SSSR count). The van der Waals surface area contributed by atoms with Gasteiger partial charge >= 0.3 is 0 Å². The molecular formula is C30H48ClN. The van der Waals surface area contributed by atoms with E-state index in [-0.39, 0.29) is 12.4 Å². The largest absolute Gasteiger partial charge is 1.00 e.